The number of hydrogen-bond donors (Lipinski definition) is 0. The van der Waals surface area contributed by atoms with Gasteiger partial charge in [-0.3, -0.25) is 9.48 Å². The molecule has 1 amide bonds. The van der Waals surface area contributed by atoms with Crippen LogP contribution in [-0.2, 0) is 7.05 Å². The number of nitrogens with zero attached hydrogens (tertiary/aromatic N) is 3. The number of hydrogen-bond acceptors (Lipinski definition) is 2. The maximum atomic E-state index is 12.9. The molecular formula is C18H23N3O. The molecule has 2 heterocycles. The zero-order chi connectivity index (χ0) is 15.5. The second-order valence-corrected chi connectivity index (χ2v) is 5.97. The zero-order valence-electron chi connectivity index (χ0n) is 13.3. The second-order valence-electron chi connectivity index (χ2n) is 5.97. The quantitative estimate of drug-likeness (QED) is 0.869. The number of benzene rings is 1. The van der Waals surface area contributed by atoms with E-state index >= 15 is 0 Å². The summed E-state index contributed by atoms with van der Waals surface area (Å²) in [6.07, 6.45) is 4.89. The summed E-state index contributed by atoms with van der Waals surface area (Å²) >= 11 is 0. The minimum atomic E-state index is 0.108. The van der Waals surface area contributed by atoms with Crippen LogP contribution < -0.4 is 0 Å². The molecule has 22 heavy (non-hydrogen) atoms. The predicted molar refractivity (Wildman–Crippen MR) is 86.7 cm³/mol. The molecule has 0 unspecified atom stereocenters. The zero-order valence-corrected chi connectivity index (χ0v) is 13.3. The number of carbonyl (C=O) groups is 1. The van der Waals surface area contributed by atoms with Crippen molar-refractivity contribution in [2.75, 3.05) is 6.54 Å². The molecule has 0 N–H and O–H groups in total. The maximum Gasteiger partial charge on any atom is 0.272 e. The van der Waals surface area contributed by atoms with Crippen molar-refractivity contribution in [3.05, 3.63) is 53.9 Å². The first-order valence-electron chi connectivity index (χ1n) is 8.06. The van der Waals surface area contributed by atoms with Gasteiger partial charge in [-0.2, -0.15) is 5.10 Å². The highest BCUT2D eigenvalue weighted by molar-refractivity contribution is 5.93. The minimum absolute atomic E-state index is 0.108. The van der Waals surface area contributed by atoms with Crippen molar-refractivity contribution in [2.45, 2.75) is 38.1 Å². The van der Waals surface area contributed by atoms with Crippen molar-refractivity contribution >= 4 is 5.91 Å². The smallest absolute Gasteiger partial charge is 0.272 e. The average molecular weight is 297 g/mol. The van der Waals surface area contributed by atoms with Gasteiger partial charge in [-0.1, -0.05) is 37.3 Å². The molecule has 0 bridgehead atoms. The molecule has 3 rings (SSSR count). The van der Waals surface area contributed by atoms with Crippen molar-refractivity contribution in [2.24, 2.45) is 7.05 Å². The first-order valence-corrected chi connectivity index (χ1v) is 8.06. The summed E-state index contributed by atoms with van der Waals surface area (Å²) in [4.78, 5) is 14.9. The summed E-state index contributed by atoms with van der Waals surface area (Å²) in [6, 6.07) is 12.7. The van der Waals surface area contributed by atoms with E-state index in [2.05, 4.69) is 41.2 Å². The Morgan fingerprint density at radius 3 is 2.73 bits per heavy atom. The van der Waals surface area contributed by atoms with Gasteiger partial charge in [-0.25, -0.2) is 0 Å². The number of aromatic nitrogens is 2. The van der Waals surface area contributed by atoms with E-state index in [1.807, 2.05) is 13.1 Å². The van der Waals surface area contributed by atoms with Gasteiger partial charge in [0.05, 0.1) is 0 Å². The molecule has 2 atom stereocenters. The summed E-state index contributed by atoms with van der Waals surface area (Å²) in [5.74, 6) is 0.512. The third-order valence-corrected chi connectivity index (χ3v) is 4.73. The van der Waals surface area contributed by atoms with E-state index in [-0.39, 0.29) is 11.9 Å². The Bertz CT molecular complexity index is 635. The molecule has 1 aromatic heterocycles. The lowest BCUT2D eigenvalue weighted by atomic mass is 9.87. The number of rotatable bonds is 4. The predicted octanol–water partition coefficient (Wildman–Crippen LogP) is 3.22. The van der Waals surface area contributed by atoms with Gasteiger partial charge in [0.25, 0.3) is 5.91 Å². The molecule has 1 saturated heterocycles. The van der Waals surface area contributed by atoms with Crippen molar-refractivity contribution in [3.8, 4) is 0 Å². The van der Waals surface area contributed by atoms with E-state index in [0.717, 1.165) is 25.8 Å². The van der Waals surface area contributed by atoms with E-state index in [9.17, 15) is 4.79 Å². The molecule has 116 valence electrons. The van der Waals surface area contributed by atoms with Gasteiger partial charge in [0.15, 0.2) is 0 Å². The number of likely N-dealkylation sites (tertiary alicyclic amines) is 1. The SMILES string of the molecule is CC[C@H](c1ccccc1)[C@@H]1CCCN1C(=O)c1ccnn1C. The lowest BCUT2D eigenvalue weighted by molar-refractivity contribution is 0.0703. The highest BCUT2D eigenvalue weighted by Gasteiger charge is 2.35. The van der Waals surface area contributed by atoms with Crippen LogP contribution in [0.5, 0.6) is 0 Å². The standard InChI is InChI=1S/C18H23N3O/c1-3-15(14-8-5-4-6-9-14)16-10-7-13-21(16)18(22)17-11-12-19-20(17)2/h4-6,8-9,11-12,15-16H,3,7,10,13H2,1-2H3/t15-,16+/m1/s1. The highest BCUT2D eigenvalue weighted by atomic mass is 16.2. The van der Waals surface area contributed by atoms with E-state index in [1.54, 1.807) is 16.9 Å². The van der Waals surface area contributed by atoms with Crippen LogP contribution in [-0.4, -0.2) is 33.2 Å². The average Bonchev–Trinajstić information content (AvgIpc) is 3.18. The molecule has 0 spiro atoms. The lowest BCUT2D eigenvalue weighted by Crippen LogP contribution is -2.40. The van der Waals surface area contributed by atoms with Gasteiger partial charge in [0.1, 0.15) is 5.69 Å². The van der Waals surface area contributed by atoms with Gasteiger partial charge >= 0.3 is 0 Å². The molecule has 4 nitrogen and oxygen atoms in total. The van der Waals surface area contributed by atoms with Crippen molar-refractivity contribution in [3.63, 3.8) is 0 Å². The molecule has 4 heteroatoms. The number of aryl methyl sites for hydroxylation is 1. The molecule has 1 fully saturated rings. The van der Waals surface area contributed by atoms with E-state index < -0.39 is 0 Å². The van der Waals surface area contributed by atoms with Crippen LogP contribution in [0, 0.1) is 0 Å². The summed E-state index contributed by atoms with van der Waals surface area (Å²) in [5, 5.41) is 4.13. The second kappa shape index (κ2) is 6.34. The van der Waals surface area contributed by atoms with Crippen molar-refractivity contribution < 1.29 is 4.79 Å². The minimum Gasteiger partial charge on any atom is -0.334 e. The largest absolute Gasteiger partial charge is 0.334 e. The first kappa shape index (κ1) is 14.8. The normalized spacial score (nSPS) is 19.4. The first-order chi connectivity index (χ1) is 10.7. The fourth-order valence-electron chi connectivity index (χ4n) is 3.62. The summed E-state index contributed by atoms with van der Waals surface area (Å²) in [6.45, 7) is 3.06. The Morgan fingerprint density at radius 2 is 2.09 bits per heavy atom. The molecule has 1 aliphatic rings. The van der Waals surface area contributed by atoms with Crippen LogP contribution in [0.25, 0.3) is 0 Å². The van der Waals surface area contributed by atoms with Crippen LogP contribution in [0.3, 0.4) is 0 Å². The monoisotopic (exact) mass is 297 g/mol. The third-order valence-electron chi connectivity index (χ3n) is 4.73. The molecular weight excluding hydrogens is 274 g/mol. The number of amides is 1. The van der Waals surface area contributed by atoms with E-state index in [1.165, 1.54) is 5.56 Å². The Morgan fingerprint density at radius 1 is 1.32 bits per heavy atom. The van der Waals surface area contributed by atoms with Crippen LogP contribution in [0.4, 0.5) is 0 Å². The lowest BCUT2D eigenvalue weighted by Gasteiger charge is -2.31. The van der Waals surface area contributed by atoms with Crippen LogP contribution >= 0.6 is 0 Å². The molecule has 1 aliphatic heterocycles. The topological polar surface area (TPSA) is 38.1 Å². The Balaban J connectivity index is 1.86. The summed E-state index contributed by atoms with van der Waals surface area (Å²) in [7, 11) is 1.83. The fourth-order valence-corrected chi connectivity index (χ4v) is 3.62. The number of carbonyl (C=O) groups excluding carboxylic acids is 1. The molecule has 0 saturated carbocycles. The maximum absolute atomic E-state index is 12.9. The molecule has 0 aliphatic carbocycles. The van der Waals surface area contributed by atoms with Gasteiger partial charge in [-0.15, -0.1) is 0 Å². The summed E-state index contributed by atoms with van der Waals surface area (Å²) in [5.41, 5.74) is 2.01. The van der Waals surface area contributed by atoms with Crippen LogP contribution in [0.15, 0.2) is 42.6 Å². The molecule has 1 aromatic carbocycles. The van der Waals surface area contributed by atoms with Gasteiger partial charge < -0.3 is 4.90 Å². The van der Waals surface area contributed by atoms with Crippen LogP contribution in [0.1, 0.15) is 48.2 Å². The van der Waals surface area contributed by atoms with Gasteiger partial charge in [0.2, 0.25) is 0 Å². The fraction of sp³-hybridized carbons (Fsp3) is 0.444. The van der Waals surface area contributed by atoms with Gasteiger partial charge in [0, 0.05) is 31.7 Å². The van der Waals surface area contributed by atoms with Crippen molar-refractivity contribution in [1.29, 1.82) is 0 Å². The van der Waals surface area contributed by atoms with Crippen molar-refractivity contribution in [1.82, 2.24) is 14.7 Å². The van der Waals surface area contributed by atoms with Gasteiger partial charge in [-0.05, 0) is 30.9 Å². The Hall–Kier alpha value is -2.10. The Labute approximate surface area is 131 Å². The summed E-state index contributed by atoms with van der Waals surface area (Å²) < 4.78 is 1.67. The highest BCUT2D eigenvalue weighted by Crippen LogP contribution is 2.34. The molecule has 0 radical (unpaired) electrons. The Kier molecular flexibility index (Phi) is 4.27. The van der Waals surface area contributed by atoms with Crippen LogP contribution in [0.2, 0.25) is 0 Å². The third kappa shape index (κ3) is 2.65. The molecule has 2 aromatic rings. The van der Waals surface area contributed by atoms with E-state index in [4.69, 9.17) is 0 Å². The van der Waals surface area contributed by atoms with E-state index in [0.29, 0.717) is 11.6 Å².